The molecule has 3 heterocycles. The first-order chi connectivity index (χ1) is 14.9. The third-order valence-corrected chi connectivity index (χ3v) is 6.96. The van der Waals surface area contributed by atoms with Gasteiger partial charge in [-0.15, -0.1) is 0 Å². The van der Waals surface area contributed by atoms with Gasteiger partial charge in [-0.3, -0.25) is 19.3 Å². The SMILES string of the molecule is Cc1cc(C)c2nc(N3CCN(C(=O)CN4C(=O)c5ccccc5C4=O)CC3)sc2c1. The van der Waals surface area contributed by atoms with E-state index in [9.17, 15) is 14.4 Å². The van der Waals surface area contributed by atoms with Crippen LogP contribution < -0.4 is 4.90 Å². The van der Waals surface area contributed by atoms with Crippen molar-refractivity contribution in [2.24, 2.45) is 0 Å². The number of hydrogen-bond donors (Lipinski definition) is 0. The Morgan fingerprint density at radius 1 is 1.00 bits per heavy atom. The van der Waals surface area contributed by atoms with E-state index in [0.717, 1.165) is 15.5 Å². The fourth-order valence-electron chi connectivity index (χ4n) is 4.26. The van der Waals surface area contributed by atoms with E-state index >= 15 is 0 Å². The maximum Gasteiger partial charge on any atom is 0.262 e. The molecule has 0 N–H and O–H groups in total. The predicted octanol–water partition coefficient (Wildman–Crippen LogP) is 2.86. The molecule has 31 heavy (non-hydrogen) atoms. The number of amides is 3. The molecule has 1 saturated heterocycles. The quantitative estimate of drug-likeness (QED) is 0.593. The smallest absolute Gasteiger partial charge is 0.262 e. The number of piperazine rings is 1. The summed E-state index contributed by atoms with van der Waals surface area (Å²) in [7, 11) is 0. The van der Waals surface area contributed by atoms with Crippen LogP contribution >= 0.6 is 11.3 Å². The molecule has 0 atom stereocenters. The molecule has 2 aliphatic heterocycles. The minimum absolute atomic E-state index is 0.204. The molecule has 3 amide bonds. The Kier molecular flexibility index (Phi) is 4.74. The van der Waals surface area contributed by atoms with Crippen molar-refractivity contribution in [1.82, 2.24) is 14.8 Å². The zero-order valence-corrected chi connectivity index (χ0v) is 18.2. The number of carbonyl (C=O) groups is 3. The predicted molar refractivity (Wildman–Crippen MR) is 120 cm³/mol. The van der Waals surface area contributed by atoms with E-state index in [1.165, 1.54) is 15.8 Å². The standard InChI is InChI=1S/C23H22N4O3S/c1-14-11-15(2)20-18(12-14)31-23(24-20)26-9-7-25(8-10-26)19(28)13-27-21(29)16-5-3-4-6-17(16)22(27)30/h3-6,11-12H,7-10,13H2,1-2H3. The molecule has 2 aliphatic rings. The Bertz CT molecular complexity index is 1190. The first kappa shape index (κ1) is 19.7. The molecule has 1 fully saturated rings. The zero-order valence-electron chi connectivity index (χ0n) is 17.4. The molecule has 0 spiro atoms. The lowest BCUT2D eigenvalue weighted by molar-refractivity contribution is -0.131. The van der Waals surface area contributed by atoms with Gasteiger partial charge in [-0.05, 0) is 43.2 Å². The van der Waals surface area contributed by atoms with Gasteiger partial charge in [0.1, 0.15) is 6.54 Å². The van der Waals surface area contributed by atoms with Gasteiger partial charge in [-0.2, -0.15) is 0 Å². The zero-order chi connectivity index (χ0) is 21.7. The van der Waals surface area contributed by atoms with Gasteiger partial charge in [-0.1, -0.05) is 29.5 Å². The molecule has 5 rings (SSSR count). The van der Waals surface area contributed by atoms with Crippen LogP contribution in [0, 0.1) is 13.8 Å². The van der Waals surface area contributed by atoms with Crippen molar-refractivity contribution in [3.8, 4) is 0 Å². The summed E-state index contributed by atoms with van der Waals surface area (Å²) >= 11 is 1.68. The molecule has 0 unspecified atom stereocenters. The fraction of sp³-hybridized carbons (Fsp3) is 0.304. The van der Waals surface area contributed by atoms with Crippen LogP contribution in [-0.4, -0.2) is 65.2 Å². The van der Waals surface area contributed by atoms with Crippen LogP contribution in [0.15, 0.2) is 36.4 Å². The number of benzene rings is 2. The van der Waals surface area contributed by atoms with Crippen LogP contribution in [0.25, 0.3) is 10.2 Å². The molecular formula is C23H22N4O3S. The molecule has 7 nitrogen and oxygen atoms in total. The molecule has 1 aromatic heterocycles. The number of imide groups is 1. The van der Waals surface area contributed by atoms with Crippen molar-refractivity contribution in [1.29, 1.82) is 0 Å². The molecular weight excluding hydrogens is 412 g/mol. The normalized spacial score (nSPS) is 16.4. The van der Waals surface area contributed by atoms with Gasteiger partial charge in [0.25, 0.3) is 11.8 Å². The van der Waals surface area contributed by atoms with E-state index in [0.29, 0.717) is 37.3 Å². The summed E-state index contributed by atoms with van der Waals surface area (Å²) in [6, 6.07) is 11.0. The highest BCUT2D eigenvalue weighted by Gasteiger charge is 2.37. The number of aryl methyl sites for hydroxylation is 2. The van der Waals surface area contributed by atoms with Crippen molar-refractivity contribution in [2.45, 2.75) is 13.8 Å². The van der Waals surface area contributed by atoms with Gasteiger partial charge in [0.15, 0.2) is 5.13 Å². The summed E-state index contributed by atoms with van der Waals surface area (Å²) in [6.45, 7) is 6.37. The van der Waals surface area contributed by atoms with Crippen LogP contribution in [0.4, 0.5) is 5.13 Å². The highest BCUT2D eigenvalue weighted by atomic mass is 32.1. The van der Waals surface area contributed by atoms with Gasteiger partial charge in [-0.25, -0.2) is 4.98 Å². The Balaban J connectivity index is 1.24. The van der Waals surface area contributed by atoms with Crippen LogP contribution in [0.2, 0.25) is 0 Å². The number of aromatic nitrogens is 1. The first-order valence-electron chi connectivity index (χ1n) is 10.3. The summed E-state index contributed by atoms with van der Waals surface area (Å²) in [4.78, 5) is 47.6. The number of rotatable bonds is 3. The largest absolute Gasteiger partial charge is 0.345 e. The fourth-order valence-corrected chi connectivity index (χ4v) is 5.45. The lowest BCUT2D eigenvalue weighted by Gasteiger charge is -2.35. The lowest BCUT2D eigenvalue weighted by Crippen LogP contribution is -2.51. The second-order valence-electron chi connectivity index (χ2n) is 8.03. The summed E-state index contributed by atoms with van der Waals surface area (Å²) in [5, 5.41) is 0.969. The molecule has 0 bridgehead atoms. The molecule has 3 aromatic rings. The highest BCUT2D eigenvalue weighted by Crippen LogP contribution is 2.32. The Morgan fingerprint density at radius 3 is 2.29 bits per heavy atom. The second-order valence-corrected chi connectivity index (χ2v) is 9.04. The van der Waals surface area contributed by atoms with Gasteiger partial charge in [0.2, 0.25) is 5.91 Å². The Hall–Kier alpha value is -3.26. The number of fused-ring (bicyclic) bond motifs is 2. The van der Waals surface area contributed by atoms with Crippen molar-refractivity contribution < 1.29 is 14.4 Å². The summed E-state index contributed by atoms with van der Waals surface area (Å²) in [5.41, 5.74) is 4.17. The first-order valence-corrected chi connectivity index (χ1v) is 11.1. The van der Waals surface area contributed by atoms with Gasteiger partial charge >= 0.3 is 0 Å². The molecule has 8 heteroatoms. The second kappa shape index (κ2) is 7.46. The minimum atomic E-state index is -0.396. The third-order valence-electron chi connectivity index (χ3n) is 5.89. The number of carbonyl (C=O) groups excluding carboxylic acids is 3. The van der Waals surface area contributed by atoms with Crippen molar-refractivity contribution in [3.63, 3.8) is 0 Å². The Labute approximate surface area is 183 Å². The van der Waals surface area contributed by atoms with E-state index in [-0.39, 0.29) is 12.5 Å². The number of hydrogen-bond acceptors (Lipinski definition) is 6. The molecule has 158 valence electrons. The molecule has 0 saturated carbocycles. The van der Waals surface area contributed by atoms with Gasteiger partial charge in [0, 0.05) is 26.2 Å². The minimum Gasteiger partial charge on any atom is -0.345 e. The molecule has 2 aromatic carbocycles. The Morgan fingerprint density at radius 2 is 1.65 bits per heavy atom. The number of nitrogens with zero attached hydrogens (tertiary/aromatic N) is 4. The van der Waals surface area contributed by atoms with Gasteiger partial charge < -0.3 is 9.80 Å². The van der Waals surface area contributed by atoms with Crippen molar-refractivity contribution >= 4 is 44.4 Å². The third kappa shape index (κ3) is 3.37. The van der Waals surface area contributed by atoms with Crippen LogP contribution in [0.3, 0.4) is 0 Å². The molecule has 0 radical (unpaired) electrons. The average molecular weight is 435 g/mol. The van der Waals surface area contributed by atoms with Crippen molar-refractivity contribution in [2.75, 3.05) is 37.6 Å². The van der Waals surface area contributed by atoms with E-state index in [4.69, 9.17) is 4.98 Å². The van der Waals surface area contributed by atoms with Gasteiger partial charge in [0.05, 0.1) is 21.3 Å². The summed E-state index contributed by atoms with van der Waals surface area (Å²) in [6.07, 6.45) is 0. The number of anilines is 1. The topological polar surface area (TPSA) is 73.8 Å². The lowest BCUT2D eigenvalue weighted by atomic mass is 10.1. The van der Waals surface area contributed by atoms with E-state index < -0.39 is 11.8 Å². The summed E-state index contributed by atoms with van der Waals surface area (Å²) < 4.78 is 1.18. The highest BCUT2D eigenvalue weighted by molar-refractivity contribution is 7.22. The van der Waals surface area contributed by atoms with Crippen molar-refractivity contribution in [3.05, 3.63) is 58.7 Å². The maximum absolute atomic E-state index is 12.8. The van der Waals surface area contributed by atoms with E-state index in [2.05, 4.69) is 30.9 Å². The maximum atomic E-state index is 12.8. The van der Waals surface area contributed by atoms with Crippen LogP contribution in [-0.2, 0) is 4.79 Å². The molecule has 0 aliphatic carbocycles. The van der Waals surface area contributed by atoms with Crippen LogP contribution in [0.5, 0.6) is 0 Å². The van der Waals surface area contributed by atoms with E-state index in [1.54, 1.807) is 40.5 Å². The monoisotopic (exact) mass is 434 g/mol. The van der Waals surface area contributed by atoms with Crippen LogP contribution in [0.1, 0.15) is 31.8 Å². The average Bonchev–Trinajstić information content (AvgIpc) is 3.30. The summed E-state index contributed by atoms with van der Waals surface area (Å²) in [5.74, 6) is -0.995. The van der Waals surface area contributed by atoms with E-state index in [1.807, 2.05) is 0 Å². The number of thiazole rings is 1.